The van der Waals surface area contributed by atoms with Gasteiger partial charge in [0.15, 0.2) is 7.38 Å². The molecule has 0 nitrogen and oxygen atoms in total. The lowest BCUT2D eigenvalue weighted by molar-refractivity contribution is 1.24. The van der Waals surface area contributed by atoms with Crippen molar-refractivity contribution in [2.45, 2.75) is 18.6 Å². The van der Waals surface area contributed by atoms with Gasteiger partial charge in [-0.05, 0) is 34.3 Å². The van der Waals surface area contributed by atoms with Crippen LogP contribution in [0.3, 0.4) is 0 Å². The summed E-state index contributed by atoms with van der Waals surface area (Å²) >= 11 is 6.85. The lowest BCUT2D eigenvalue weighted by Gasteiger charge is -2.20. The number of halogens is 1. The van der Waals surface area contributed by atoms with E-state index < -0.39 is 7.38 Å². The van der Waals surface area contributed by atoms with Gasteiger partial charge in [-0.1, -0.05) is 80.4 Å². The zero-order chi connectivity index (χ0) is 15.3. The maximum Gasteiger partial charge on any atom is 0.162 e. The summed E-state index contributed by atoms with van der Waals surface area (Å²) in [7, 11) is -1.82. The molecule has 2 rings (SSSR count). The standard InChI is InChI=1S/C19H21ClSi/c1-4-16-6-10-18(11-7-16)14-21(3,20)15-19-12-8-17(5-2)9-13-19/h4-13H,1-2,14-15H2,3H3. The minimum absolute atomic E-state index is 0.981. The average molecular weight is 313 g/mol. The Labute approximate surface area is 133 Å². The van der Waals surface area contributed by atoms with E-state index in [1.54, 1.807) is 0 Å². The predicted octanol–water partition coefficient (Wildman–Crippen LogP) is 5.65. The van der Waals surface area contributed by atoms with E-state index in [0.29, 0.717) is 0 Å². The lowest BCUT2D eigenvalue weighted by Crippen LogP contribution is -2.30. The number of rotatable bonds is 6. The van der Waals surface area contributed by atoms with Crippen LogP contribution in [0.2, 0.25) is 6.55 Å². The summed E-state index contributed by atoms with van der Waals surface area (Å²) < 4.78 is 0. The van der Waals surface area contributed by atoms with Crippen LogP contribution in [0.1, 0.15) is 22.3 Å². The zero-order valence-electron chi connectivity index (χ0n) is 12.5. The third-order valence-electron chi connectivity index (χ3n) is 3.58. The van der Waals surface area contributed by atoms with Crippen LogP contribution in [0.5, 0.6) is 0 Å². The smallest absolute Gasteiger partial charge is 0.162 e. The van der Waals surface area contributed by atoms with Crippen LogP contribution in [-0.4, -0.2) is 7.38 Å². The summed E-state index contributed by atoms with van der Waals surface area (Å²) in [6.07, 6.45) is 3.73. The Morgan fingerprint density at radius 3 is 1.43 bits per heavy atom. The molecule has 0 bridgehead atoms. The number of hydrogen-bond donors (Lipinski definition) is 0. The van der Waals surface area contributed by atoms with E-state index in [2.05, 4.69) is 68.2 Å². The fourth-order valence-electron chi connectivity index (χ4n) is 2.46. The van der Waals surface area contributed by atoms with Gasteiger partial charge in [0.05, 0.1) is 0 Å². The monoisotopic (exact) mass is 312 g/mol. The quantitative estimate of drug-likeness (QED) is 0.477. The Hall–Kier alpha value is -1.57. The highest BCUT2D eigenvalue weighted by Crippen LogP contribution is 2.22. The van der Waals surface area contributed by atoms with Crippen LogP contribution in [-0.2, 0) is 12.1 Å². The van der Waals surface area contributed by atoms with Crippen molar-refractivity contribution in [2.75, 3.05) is 0 Å². The highest BCUT2D eigenvalue weighted by atomic mass is 35.6. The van der Waals surface area contributed by atoms with Crippen molar-refractivity contribution in [3.05, 3.63) is 83.9 Å². The van der Waals surface area contributed by atoms with Crippen molar-refractivity contribution in [3.8, 4) is 0 Å². The van der Waals surface area contributed by atoms with Gasteiger partial charge in [0.1, 0.15) is 0 Å². The Morgan fingerprint density at radius 2 is 1.14 bits per heavy atom. The first-order valence-electron chi connectivity index (χ1n) is 7.14. The summed E-state index contributed by atoms with van der Waals surface area (Å²) in [6.45, 7) is 9.79. The molecule has 0 saturated heterocycles. The molecule has 0 heterocycles. The van der Waals surface area contributed by atoms with Gasteiger partial charge < -0.3 is 0 Å². The molecule has 0 aliphatic carbocycles. The van der Waals surface area contributed by atoms with Gasteiger partial charge in [-0.3, -0.25) is 0 Å². The van der Waals surface area contributed by atoms with Crippen molar-refractivity contribution in [1.82, 2.24) is 0 Å². The number of benzene rings is 2. The second-order valence-electron chi connectivity index (χ2n) is 5.66. The van der Waals surface area contributed by atoms with Crippen molar-refractivity contribution >= 4 is 30.6 Å². The van der Waals surface area contributed by atoms with Crippen LogP contribution in [0.15, 0.2) is 61.7 Å². The fraction of sp³-hybridized carbons (Fsp3) is 0.158. The highest BCUT2D eigenvalue weighted by molar-refractivity contribution is 7.18. The summed E-state index contributed by atoms with van der Waals surface area (Å²) in [6, 6.07) is 19.0. The third-order valence-corrected chi connectivity index (χ3v) is 6.67. The molecule has 2 aromatic carbocycles. The molecule has 0 aromatic heterocycles. The van der Waals surface area contributed by atoms with E-state index in [9.17, 15) is 0 Å². The molecule has 0 spiro atoms. The molecular weight excluding hydrogens is 292 g/mol. The van der Waals surface area contributed by atoms with Gasteiger partial charge in [0.25, 0.3) is 0 Å². The predicted molar refractivity (Wildman–Crippen MR) is 97.9 cm³/mol. The molecule has 21 heavy (non-hydrogen) atoms. The van der Waals surface area contributed by atoms with Gasteiger partial charge in [-0.2, -0.15) is 11.1 Å². The Morgan fingerprint density at radius 1 is 0.810 bits per heavy atom. The van der Waals surface area contributed by atoms with Crippen LogP contribution in [0.25, 0.3) is 12.2 Å². The maximum atomic E-state index is 6.85. The van der Waals surface area contributed by atoms with E-state index in [4.69, 9.17) is 11.1 Å². The highest BCUT2D eigenvalue weighted by Gasteiger charge is 2.25. The van der Waals surface area contributed by atoms with Crippen molar-refractivity contribution < 1.29 is 0 Å². The van der Waals surface area contributed by atoms with Gasteiger partial charge in [0, 0.05) is 0 Å². The third kappa shape index (κ3) is 4.73. The molecule has 2 aromatic rings. The Balaban J connectivity index is 2.05. The van der Waals surface area contributed by atoms with Crippen molar-refractivity contribution in [2.24, 2.45) is 0 Å². The van der Waals surface area contributed by atoms with Crippen LogP contribution < -0.4 is 0 Å². The first-order chi connectivity index (χ1) is 10.0. The number of hydrogen-bond acceptors (Lipinski definition) is 0. The molecule has 0 fully saturated rings. The van der Waals surface area contributed by atoms with Crippen LogP contribution in [0, 0.1) is 0 Å². The largest absolute Gasteiger partial charge is 0.167 e. The molecule has 0 atom stereocenters. The summed E-state index contributed by atoms with van der Waals surface area (Å²) in [4.78, 5) is 0. The molecular formula is C19H21ClSi. The second kappa shape index (κ2) is 6.93. The Kier molecular flexibility index (Phi) is 5.21. The normalized spacial score (nSPS) is 11.1. The molecule has 2 heteroatoms. The second-order valence-corrected chi connectivity index (χ2v) is 11.9. The molecule has 0 aliphatic heterocycles. The lowest BCUT2D eigenvalue weighted by atomic mass is 10.1. The minimum Gasteiger partial charge on any atom is -0.167 e. The molecule has 0 amide bonds. The van der Waals surface area contributed by atoms with Gasteiger partial charge in [-0.25, -0.2) is 0 Å². The summed E-state index contributed by atoms with van der Waals surface area (Å²) in [5, 5.41) is 0. The molecule has 0 saturated carbocycles. The molecule has 0 unspecified atom stereocenters. The fourth-order valence-corrected chi connectivity index (χ4v) is 5.68. The minimum atomic E-state index is -1.82. The van der Waals surface area contributed by atoms with E-state index in [-0.39, 0.29) is 0 Å². The average Bonchev–Trinajstić information content (AvgIpc) is 2.48. The Bertz CT molecular complexity index is 554. The molecule has 0 radical (unpaired) electrons. The SMILES string of the molecule is C=Cc1ccc(C[Si](C)(Cl)Cc2ccc(C=C)cc2)cc1. The van der Waals surface area contributed by atoms with E-state index in [1.165, 1.54) is 11.1 Å². The van der Waals surface area contributed by atoms with Crippen molar-refractivity contribution in [1.29, 1.82) is 0 Å². The first kappa shape index (κ1) is 15.8. The van der Waals surface area contributed by atoms with Gasteiger partial charge >= 0.3 is 0 Å². The van der Waals surface area contributed by atoms with Gasteiger partial charge in [0.2, 0.25) is 0 Å². The van der Waals surface area contributed by atoms with E-state index in [0.717, 1.165) is 23.2 Å². The van der Waals surface area contributed by atoms with E-state index in [1.807, 2.05) is 12.2 Å². The molecule has 0 aliphatic rings. The maximum absolute atomic E-state index is 6.85. The van der Waals surface area contributed by atoms with Crippen LogP contribution >= 0.6 is 11.1 Å². The topological polar surface area (TPSA) is 0 Å². The summed E-state index contributed by atoms with van der Waals surface area (Å²) in [5.74, 6) is 0. The van der Waals surface area contributed by atoms with Crippen LogP contribution in [0.4, 0.5) is 0 Å². The van der Waals surface area contributed by atoms with E-state index >= 15 is 0 Å². The zero-order valence-corrected chi connectivity index (χ0v) is 14.2. The molecule has 0 N–H and O–H groups in total. The van der Waals surface area contributed by atoms with Gasteiger partial charge in [-0.15, -0.1) is 0 Å². The van der Waals surface area contributed by atoms with Crippen molar-refractivity contribution in [3.63, 3.8) is 0 Å². The molecule has 108 valence electrons. The summed E-state index contributed by atoms with van der Waals surface area (Å²) in [5.41, 5.74) is 4.92. The first-order valence-corrected chi connectivity index (χ1v) is 11.1.